The van der Waals surface area contributed by atoms with Crippen LogP contribution in [-0.4, -0.2) is 10.2 Å². The van der Waals surface area contributed by atoms with Crippen LogP contribution >= 0.6 is 11.6 Å². The van der Waals surface area contributed by atoms with Crippen LogP contribution in [-0.2, 0) is 0 Å². The number of hydrogen-bond acceptors (Lipinski definition) is 4. The number of aryl methyl sites for hydroxylation is 1. The van der Waals surface area contributed by atoms with Crippen LogP contribution in [0.15, 0.2) is 22.6 Å². The fourth-order valence-electron chi connectivity index (χ4n) is 1.32. The van der Waals surface area contributed by atoms with E-state index in [-0.39, 0.29) is 6.04 Å². The minimum absolute atomic E-state index is 0.273. The molecule has 0 saturated carbocycles. The quantitative estimate of drug-likeness (QED) is 0.872. The lowest BCUT2D eigenvalue weighted by Crippen LogP contribution is -2.04. The van der Waals surface area contributed by atoms with Gasteiger partial charge in [0.1, 0.15) is 0 Å². The lowest BCUT2D eigenvalue weighted by atomic mass is 10.1. The van der Waals surface area contributed by atoms with Gasteiger partial charge in [-0.3, -0.25) is 0 Å². The van der Waals surface area contributed by atoms with Gasteiger partial charge in [0, 0.05) is 0 Å². The number of halogens is 1. The summed E-state index contributed by atoms with van der Waals surface area (Å²) < 4.78 is 5.42. The first-order valence-electron chi connectivity index (χ1n) is 4.93. The molecule has 1 heterocycles. The monoisotopic (exact) mass is 237 g/mol. The third kappa shape index (κ3) is 2.08. The highest BCUT2D eigenvalue weighted by Gasteiger charge is 2.13. The lowest BCUT2D eigenvalue weighted by molar-refractivity contribution is 0.473. The molecule has 16 heavy (non-hydrogen) atoms. The van der Waals surface area contributed by atoms with E-state index < -0.39 is 0 Å². The Morgan fingerprint density at radius 3 is 2.69 bits per heavy atom. The van der Waals surface area contributed by atoms with E-state index in [1.807, 2.05) is 25.1 Å². The van der Waals surface area contributed by atoms with Crippen molar-refractivity contribution in [2.75, 3.05) is 0 Å². The van der Waals surface area contributed by atoms with Crippen molar-refractivity contribution in [1.82, 2.24) is 10.2 Å². The molecule has 84 valence electrons. The molecule has 2 N–H and O–H groups in total. The molecule has 0 fully saturated rings. The van der Waals surface area contributed by atoms with Gasteiger partial charge in [-0.05, 0) is 31.5 Å². The van der Waals surface area contributed by atoms with E-state index in [1.165, 1.54) is 0 Å². The molecule has 0 aliphatic carbocycles. The van der Waals surface area contributed by atoms with Gasteiger partial charge in [-0.15, -0.1) is 10.2 Å². The van der Waals surface area contributed by atoms with Crippen LogP contribution in [0, 0.1) is 6.92 Å². The number of benzene rings is 1. The van der Waals surface area contributed by atoms with Crippen molar-refractivity contribution < 1.29 is 4.42 Å². The fourth-order valence-corrected chi connectivity index (χ4v) is 1.64. The zero-order chi connectivity index (χ0) is 11.7. The Kier molecular flexibility index (Phi) is 2.94. The SMILES string of the molecule is Cc1ccc(-c2nnc(C(C)N)o2)c(Cl)c1. The molecule has 0 amide bonds. The second-order valence-corrected chi connectivity index (χ2v) is 4.12. The maximum absolute atomic E-state index is 6.09. The van der Waals surface area contributed by atoms with Crippen molar-refractivity contribution in [2.45, 2.75) is 19.9 Å². The Balaban J connectivity index is 2.42. The van der Waals surface area contributed by atoms with Crippen LogP contribution < -0.4 is 5.73 Å². The van der Waals surface area contributed by atoms with E-state index in [0.717, 1.165) is 11.1 Å². The predicted molar refractivity (Wildman–Crippen MR) is 62.1 cm³/mol. The second-order valence-electron chi connectivity index (χ2n) is 3.72. The number of aromatic nitrogens is 2. The summed E-state index contributed by atoms with van der Waals surface area (Å²) in [4.78, 5) is 0. The van der Waals surface area contributed by atoms with E-state index >= 15 is 0 Å². The van der Waals surface area contributed by atoms with E-state index in [0.29, 0.717) is 16.8 Å². The summed E-state index contributed by atoms with van der Waals surface area (Å²) in [5.74, 6) is 0.809. The van der Waals surface area contributed by atoms with Gasteiger partial charge in [0.05, 0.1) is 16.6 Å². The number of nitrogens with zero attached hydrogens (tertiary/aromatic N) is 2. The molecule has 1 unspecified atom stereocenters. The Morgan fingerprint density at radius 2 is 2.12 bits per heavy atom. The van der Waals surface area contributed by atoms with Crippen LogP contribution in [0.25, 0.3) is 11.5 Å². The maximum atomic E-state index is 6.09. The number of hydrogen-bond donors (Lipinski definition) is 1. The summed E-state index contributed by atoms with van der Waals surface area (Å²) in [5, 5.41) is 8.37. The topological polar surface area (TPSA) is 64.9 Å². The molecule has 1 atom stereocenters. The normalized spacial score (nSPS) is 12.8. The highest BCUT2D eigenvalue weighted by molar-refractivity contribution is 6.33. The van der Waals surface area contributed by atoms with Crippen LogP contribution in [0.5, 0.6) is 0 Å². The minimum atomic E-state index is -0.273. The molecule has 0 radical (unpaired) electrons. The third-order valence-corrected chi connectivity index (χ3v) is 2.50. The average Bonchev–Trinajstić information content (AvgIpc) is 2.66. The molecular weight excluding hydrogens is 226 g/mol. The molecule has 5 heteroatoms. The summed E-state index contributed by atoms with van der Waals surface area (Å²) in [6.07, 6.45) is 0. The van der Waals surface area contributed by atoms with Crippen molar-refractivity contribution >= 4 is 11.6 Å². The molecule has 2 aromatic rings. The van der Waals surface area contributed by atoms with Crippen molar-refractivity contribution in [3.05, 3.63) is 34.7 Å². The van der Waals surface area contributed by atoms with Gasteiger partial charge in [0.25, 0.3) is 0 Å². The summed E-state index contributed by atoms with van der Waals surface area (Å²) in [7, 11) is 0. The maximum Gasteiger partial charge on any atom is 0.249 e. The van der Waals surface area contributed by atoms with Crippen molar-refractivity contribution in [1.29, 1.82) is 0 Å². The molecule has 0 aliphatic rings. The Bertz CT molecular complexity index is 508. The highest BCUT2D eigenvalue weighted by Crippen LogP contribution is 2.28. The molecule has 1 aromatic heterocycles. The van der Waals surface area contributed by atoms with Gasteiger partial charge in [0.2, 0.25) is 11.8 Å². The van der Waals surface area contributed by atoms with Gasteiger partial charge >= 0.3 is 0 Å². The van der Waals surface area contributed by atoms with Crippen LogP contribution in [0.4, 0.5) is 0 Å². The largest absolute Gasteiger partial charge is 0.419 e. The number of nitrogens with two attached hydrogens (primary N) is 1. The standard InChI is InChI=1S/C11H12ClN3O/c1-6-3-4-8(9(12)5-6)11-15-14-10(16-11)7(2)13/h3-5,7H,13H2,1-2H3. The van der Waals surface area contributed by atoms with E-state index in [1.54, 1.807) is 6.92 Å². The average molecular weight is 238 g/mol. The van der Waals surface area contributed by atoms with Crippen LogP contribution in [0.1, 0.15) is 24.4 Å². The summed E-state index contributed by atoms with van der Waals surface area (Å²) in [5.41, 5.74) is 7.45. The summed E-state index contributed by atoms with van der Waals surface area (Å²) in [6, 6.07) is 5.38. The predicted octanol–water partition coefficient (Wildman–Crippen LogP) is 2.72. The van der Waals surface area contributed by atoms with Gasteiger partial charge in [-0.2, -0.15) is 0 Å². The Labute approximate surface area is 98.4 Å². The summed E-state index contributed by atoms with van der Waals surface area (Å²) in [6.45, 7) is 3.75. The molecule has 0 saturated heterocycles. The van der Waals surface area contributed by atoms with E-state index in [9.17, 15) is 0 Å². The van der Waals surface area contributed by atoms with Crippen molar-refractivity contribution in [3.8, 4) is 11.5 Å². The first-order chi connectivity index (χ1) is 7.58. The minimum Gasteiger partial charge on any atom is -0.419 e. The third-order valence-electron chi connectivity index (χ3n) is 2.19. The van der Waals surface area contributed by atoms with Crippen LogP contribution in [0.3, 0.4) is 0 Å². The molecule has 0 bridgehead atoms. The van der Waals surface area contributed by atoms with Gasteiger partial charge < -0.3 is 10.2 Å². The molecular formula is C11H12ClN3O. The Morgan fingerprint density at radius 1 is 1.38 bits per heavy atom. The van der Waals surface area contributed by atoms with Gasteiger partial charge in [0.15, 0.2) is 0 Å². The summed E-state index contributed by atoms with van der Waals surface area (Å²) >= 11 is 6.09. The van der Waals surface area contributed by atoms with Crippen LogP contribution in [0.2, 0.25) is 5.02 Å². The second kappa shape index (κ2) is 4.23. The molecule has 4 nitrogen and oxygen atoms in total. The van der Waals surface area contributed by atoms with Crippen molar-refractivity contribution in [2.24, 2.45) is 5.73 Å². The van der Waals surface area contributed by atoms with Gasteiger partial charge in [-0.25, -0.2) is 0 Å². The zero-order valence-electron chi connectivity index (χ0n) is 9.07. The van der Waals surface area contributed by atoms with Crippen molar-refractivity contribution in [3.63, 3.8) is 0 Å². The lowest BCUT2D eigenvalue weighted by Gasteiger charge is -2.00. The Hall–Kier alpha value is -1.39. The zero-order valence-corrected chi connectivity index (χ0v) is 9.82. The first kappa shape index (κ1) is 11.1. The number of rotatable bonds is 2. The highest BCUT2D eigenvalue weighted by atomic mass is 35.5. The van der Waals surface area contributed by atoms with Gasteiger partial charge in [-0.1, -0.05) is 17.7 Å². The first-order valence-corrected chi connectivity index (χ1v) is 5.31. The smallest absolute Gasteiger partial charge is 0.249 e. The molecule has 0 aliphatic heterocycles. The van der Waals surface area contributed by atoms with E-state index in [4.69, 9.17) is 21.8 Å². The molecule has 2 rings (SSSR count). The molecule has 0 spiro atoms. The fraction of sp³-hybridized carbons (Fsp3) is 0.273. The molecule has 1 aromatic carbocycles. The van der Waals surface area contributed by atoms with E-state index in [2.05, 4.69) is 10.2 Å².